The maximum Gasteiger partial charge on any atom is 0.282 e. The number of benzene rings is 3. The van der Waals surface area contributed by atoms with E-state index in [-0.39, 0.29) is 17.5 Å². The van der Waals surface area contributed by atoms with Gasteiger partial charge in [0.1, 0.15) is 5.70 Å². The number of carbonyl (C=O) groups is 3. The highest BCUT2D eigenvalue weighted by atomic mass is 16.2. The molecule has 0 spiro atoms. The molecule has 0 aromatic heterocycles. The van der Waals surface area contributed by atoms with Crippen molar-refractivity contribution in [2.75, 3.05) is 15.5 Å². The Labute approximate surface area is 192 Å². The summed E-state index contributed by atoms with van der Waals surface area (Å²) >= 11 is 0. The molecule has 0 aliphatic carbocycles. The van der Waals surface area contributed by atoms with Crippen molar-refractivity contribution >= 4 is 40.4 Å². The first kappa shape index (κ1) is 22.0. The standard InChI is InChI=1S/C27H25N3O3/c1-16-9-10-20(15-18(16)3)24-25(29-22-13-11-21(12-14-22)28-19(4)31)27(33)30(26(24)32)23-8-6-5-7-17(23)2/h5-15,29H,1-4H3,(H,28,31). The number of carbonyl (C=O) groups excluding carboxylic acids is 3. The van der Waals surface area contributed by atoms with Crippen LogP contribution in [0.25, 0.3) is 5.57 Å². The van der Waals surface area contributed by atoms with Gasteiger partial charge in [-0.3, -0.25) is 14.4 Å². The fourth-order valence-electron chi connectivity index (χ4n) is 3.83. The van der Waals surface area contributed by atoms with Crippen LogP contribution in [0.2, 0.25) is 0 Å². The van der Waals surface area contributed by atoms with Crippen LogP contribution in [0.4, 0.5) is 17.1 Å². The first-order chi connectivity index (χ1) is 15.8. The Balaban J connectivity index is 1.79. The highest BCUT2D eigenvalue weighted by Gasteiger charge is 2.40. The highest BCUT2D eigenvalue weighted by molar-refractivity contribution is 6.46. The zero-order valence-corrected chi connectivity index (χ0v) is 19.0. The van der Waals surface area contributed by atoms with E-state index in [4.69, 9.17) is 0 Å². The number of nitrogens with zero attached hydrogens (tertiary/aromatic N) is 1. The molecule has 6 heteroatoms. The Bertz CT molecular complexity index is 1310. The van der Waals surface area contributed by atoms with E-state index in [1.165, 1.54) is 11.8 Å². The number of amides is 3. The first-order valence-corrected chi connectivity index (χ1v) is 10.7. The highest BCUT2D eigenvalue weighted by Crippen LogP contribution is 2.35. The van der Waals surface area contributed by atoms with Crippen LogP contribution < -0.4 is 15.5 Å². The fraction of sp³-hybridized carbons (Fsp3) is 0.148. The number of anilines is 3. The molecule has 3 amide bonds. The summed E-state index contributed by atoms with van der Waals surface area (Å²) in [5.74, 6) is -0.940. The smallest absolute Gasteiger partial charge is 0.282 e. The molecule has 0 saturated carbocycles. The largest absolute Gasteiger partial charge is 0.350 e. The molecule has 1 aliphatic rings. The maximum atomic E-state index is 13.6. The molecule has 0 radical (unpaired) electrons. The van der Waals surface area contributed by atoms with E-state index in [0.717, 1.165) is 16.7 Å². The lowest BCUT2D eigenvalue weighted by Crippen LogP contribution is -2.33. The molecule has 0 unspecified atom stereocenters. The van der Waals surface area contributed by atoms with E-state index in [9.17, 15) is 14.4 Å². The normalized spacial score (nSPS) is 13.5. The number of nitrogens with one attached hydrogen (secondary N) is 2. The van der Waals surface area contributed by atoms with Crippen molar-refractivity contribution in [3.8, 4) is 0 Å². The Morgan fingerprint density at radius 1 is 0.758 bits per heavy atom. The summed E-state index contributed by atoms with van der Waals surface area (Å²) in [6.07, 6.45) is 0. The van der Waals surface area contributed by atoms with Gasteiger partial charge in [0.15, 0.2) is 0 Å². The molecule has 0 saturated heterocycles. The van der Waals surface area contributed by atoms with Crippen LogP contribution in [0, 0.1) is 20.8 Å². The predicted molar refractivity (Wildman–Crippen MR) is 131 cm³/mol. The number of hydrogen-bond donors (Lipinski definition) is 2. The third kappa shape index (κ3) is 4.28. The zero-order chi connectivity index (χ0) is 23.7. The van der Waals surface area contributed by atoms with Crippen LogP contribution in [0.1, 0.15) is 29.2 Å². The van der Waals surface area contributed by atoms with Gasteiger partial charge >= 0.3 is 0 Å². The lowest BCUT2D eigenvalue weighted by Gasteiger charge is -2.17. The zero-order valence-electron chi connectivity index (χ0n) is 19.0. The molecule has 166 valence electrons. The van der Waals surface area contributed by atoms with E-state index >= 15 is 0 Å². The van der Waals surface area contributed by atoms with Crippen molar-refractivity contribution in [2.24, 2.45) is 0 Å². The summed E-state index contributed by atoms with van der Waals surface area (Å²) in [4.78, 5) is 39.7. The molecule has 3 aromatic rings. The van der Waals surface area contributed by atoms with Crippen LogP contribution in [0.3, 0.4) is 0 Å². The lowest BCUT2D eigenvalue weighted by molar-refractivity contribution is -0.120. The van der Waals surface area contributed by atoms with Gasteiger partial charge in [0.05, 0.1) is 11.3 Å². The van der Waals surface area contributed by atoms with Crippen molar-refractivity contribution < 1.29 is 14.4 Å². The summed E-state index contributed by atoms with van der Waals surface area (Å²) in [5.41, 5.74) is 6.05. The number of aryl methyl sites for hydroxylation is 3. The molecule has 4 rings (SSSR count). The van der Waals surface area contributed by atoms with E-state index in [1.54, 1.807) is 30.3 Å². The van der Waals surface area contributed by atoms with Crippen LogP contribution in [-0.2, 0) is 14.4 Å². The summed E-state index contributed by atoms with van der Waals surface area (Å²) in [6, 6.07) is 20.1. The summed E-state index contributed by atoms with van der Waals surface area (Å²) < 4.78 is 0. The van der Waals surface area contributed by atoms with Gasteiger partial charge in [-0.05, 0) is 73.4 Å². The van der Waals surface area contributed by atoms with Crippen molar-refractivity contribution in [3.05, 3.63) is 94.7 Å². The summed E-state index contributed by atoms with van der Waals surface area (Å²) in [7, 11) is 0. The minimum absolute atomic E-state index is 0.166. The van der Waals surface area contributed by atoms with Crippen LogP contribution >= 0.6 is 0 Å². The molecular formula is C27H25N3O3. The van der Waals surface area contributed by atoms with Gasteiger partial charge in [0.2, 0.25) is 5.91 Å². The molecule has 1 aliphatic heterocycles. The summed E-state index contributed by atoms with van der Waals surface area (Å²) in [6.45, 7) is 7.30. The number of para-hydroxylation sites is 1. The molecule has 6 nitrogen and oxygen atoms in total. The Kier molecular flexibility index (Phi) is 5.84. The van der Waals surface area contributed by atoms with Crippen molar-refractivity contribution in [3.63, 3.8) is 0 Å². The predicted octanol–water partition coefficient (Wildman–Crippen LogP) is 4.97. The number of imide groups is 1. The van der Waals surface area contributed by atoms with Crippen molar-refractivity contribution in [1.29, 1.82) is 0 Å². The van der Waals surface area contributed by atoms with Crippen molar-refractivity contribution in [1.82, 2.24) is 0 Å². The maximum absolute atomic E-state index is 13.6. The Hall–Kier alpha value is -4.19. The third-order valence-electron chi connectivity index (χ3n) is 5.71. The molecule has 1 heterocycles. The Morgan fingerprint density at radius 2 is 1.42 bits per heavy atom. The number of hydrogen-bond acceptors (Lipinski definition) is 4. The van der Waals surface area contributed by atoms with Gasteiger partial charge in [0.25, 0.3) is 11.8 Å². The quantitative estimate of drug-likeness (QED) is 0.551. The van der Waals surface area contributed by atoms with Gasteiger partial charge in [-0.15, -0.1) is 0 Å². The minimum Gasteiger partial charge on any atom is -0.350 e. The van der Waals surface area contributed by atoms with E-state index in [0.29, 0.717) is 28.2 Å². The average molecular weight is 440 g/mol. The second-order valence-corrected chi connectivity index (χ2v) is 8.16. The van der Waals surface area contributed by atoms with Crippen LogP contribution in [0.5, 0.6) is 0 Å². The van der Waals surface area contributed by atoms with Crippen LogP contribution in [-0.4, -0.2) is 17.7 Å². The lowest BCUT2D eigenvalue weighted by atomic mass is 9.99. The van der Waals surface area contributed by atoms with Gasteiger partial charge in [-0.1, -0.05) is 36.4 Å². The van der Waals surface area contributed by atoms with Crippen LogP contribution in [0.15, 0.2) is 72.4 Å². The van der Waals surface area contributed by atoms with E-state index in [1.807, 2.05) is 57.2 Å². The Morgan fingerprint density at radius 3 is 2.06 bits per heavy atom. The van der Waals surface area contributed by atoms with Gasteiger partial charge in [-0.2, -0.15) is 0 Å². The molecule has 0 fully saturated rings. The second-order valence-electron chi connectivity index (χ2n) is 8.16. The molecule has 3 aromatic carbocycles. The second kappa shape index (κ2) is 8.74. The first-order valence-electron chi connectivity index (χ1n) is 10.7. The molecule has 2 N–H and O–H groups in total. The van der Waals surface area contributed by atoms with Gasteiger partial charge in [-0.25, -0.2) is 4.90 Å². The number of rotatable bonds is 5. The molecule has 0 bridgehead atoms. The SMILES string of the molecule is CC(=O)Nc1ccc(NC2=C(c3ccc(C)c(C)c3)C(=O)N(c3ccccc3C)C2=O)cc1. The van der Waals surface area contributed by atoms with E-state index < -0.39 is 5.91 Å². The molecule has 0 atom stereocenters. The van der Waals surface area contributed by atoms with Crippen molar-refractivity contribution in [2.45, 2.75) is 27.7 Å². The summed E-state index contributed by atoms with van der Waals surface area (Å²) in [5, 5.41) is 5.87. The topological polar surface area (TPSA) is 78.5 Å². The van der Waals surface area contributed by atoms with Gasteiger partial charge < -0.3 is 10.6 Å². The average Bonchev–Trinajstić information content (AvgIpc) is 3.01. The van der Waals surface area contributed by atoms with E-state index in [2.05, 4.69) is 10.6 Å². The molecule has 33 heavy (non-hydrogen) atoms. The third-order valence-corrected chi connectivity index (χ3v) is 5.71. The molecular weight excluding hydrogens is 414 g/mol. The van der Waals surface area contributed by atoms with Gasteiger partial charge in [0, 0.05) is 18.3 Å². The minimum atomic E-state index is -0.409. The monoisotopic (exact) mass is 439 g/mol. The fourth-order valence-corrected chi connectivity index (χ4v) is 3.83.